The lowest BCUT2D eigenvalue weighted by molar-refractivity contribution is 0.0939. The summed E-state index contributed by atoms with van der Waals surface area (Å²) in [6.07, 6.45) is 8.11. The number of Topliss-reactive ketones (excluding diaryl/α,β-unsaturated/α-hetero) is 1. The van der Waals surface area contributed by atoms with E-state index < -0.39 is 0 Å². The van der Waals surface area contributed by atoms with Crippen LogP contribution in [-0.4, -0.2) is 29.3 Å². The quantitative estimate of drug-likeness (QED) is 0.287. The van der Waals surface area contributed by atoms with Crippen LogP contribution in [0.3, 0.4) is 0 Å². The van der Waals surface area contributed by atoms with E-state index in [-0.39, 0.29) is 29.8 Å². The molecular weight excluding hydrogens is 494 g/mol. The predicted molar refractivity (Wildman–Crippen MR) is 161 cm³/mol. The van der Waals surface area contributed by atoms with Gasteiger partial charge < -0.3 is 10.6 Å². The molecule has 5 heteroatoms. The Balaban J connectivity index is 0.974. The molecule has 40 heavy (non-hydrogen) atoms. The van der Waals surface area contributed by atoms with Gasteiger partial charge in [-0.05, 0) is 97.9 Å². The summed E-state index contributed by atoms with van der Waals surface area (Å²) in [5.41, 5.74) is 4.88. The van der Waals surface area contributed by atoms with Gasteiger partial charge in [0.05, 0.1) is 6.04 Å². The van der Waals surface area contributed by atoms with Crippen molar-refractivity contribution in [2.45, 2.75) is 89.9 Å². The topological polar surface area (TPSA) is 61.4 Å². The number of hydrogen-bond donors (Lipinski definition) is 2. The zero-order valence-corrected chi connectivity index (χ0v) is 24.2. The Morgan fingerprint density at radius 3 is 2.35 bits per heavy atom. The molecule has 2 heterocycles. The van der Waals surface area contributed by atoms with Gasteiger partial charge >= 0.3 is 6.03 Å². The monoisotopic (exact) mass is 537 g/mol. The highest BCUT2D eigenvalue weighted by Gasteiger charge is 2.43. The second kappa shape index (κ2) is 11.4. The van der Waals surface area contributed by atoms with Crippen molar-refractivity contribution in [3.8, 4) is 0 Å². The standard InChI is InChI=1S/C35H43N3O2/c1-22(2)34(39)26-13-16-30-31(21-26)33-18-17-32(30)38(33)20-19-24-11-14-27(15-12-24)37-35(40)36-23(3)28-10-6-8-25-7-4-5-9-29(25)28/h4-10,13,16,21-24,27,32-33H,11-12,14-15,17-20H2,1-3H3,(H2,36,37,40)/t23-,24-,27-,32+,33-/m1/s1. The second-order valence-electron chi connectivity index (χ2n) is 12.6. The first-order chi connectivity index (χ1) is 19.4. The average molecular weight is 538 g/mol. The number of nitrogens with zero attached hydrogens (tertiary/aromatic N) is 1. The van der Waals surface area contributed by atoms with Crippen LogP contribution in [0.2, 0.25) is 0 Å². The minimum atomic E-state index is -0.0643. The van der Waals surface area contributed by atoms with Gasteiger partial charge in [0.25, 0.3) is 0 Å². The Morgan fingerprint density at radius 1 is 0.850 bits per heavy atom. The van der Waals surface area contributed by atoms with Gasteiger partial charge in [0.15, 0.2) is 5.78 Å². The van der Waals surface area contributed by atoms with E-state index in [9.17, 15) is 9.59 Å². The number of hydrogen-bond acceptors (Lipinski definition) is 3. The van der Waals surface area contributed by atoms with E-state index in [4.69, 9.17) is 0 Å². The Kier molecular flexibility index (Phi) is 7.67. The van der Waals surface area contributed by atoms with Crippen molar-refractivity contribution in [3.05, 3.63) is 82.9 Å². The molecule has 3 aliphatic rings. The normalized spacial score (nSPS) is 24.7. The molecule has 2 aliphatic heterocycles. The van der Waals surface area contributed by atoms with Gasteiger partial charge in [-0.1, -0.05) is 68.4 Å². The molecule has 2 bridgehead atoms. The van der Waals surface area contributed by atoms with E-state index in [0.29, 0.717) is 12.1 Å². The molecule has 2 fully saturated rings. The van der Waals surface area contributed by atoms with Gasteiger partial charge in [0.1, 0.15) is 0 Å². The molecule has 0 unspecified atom stereocenters. The number of carbonyl (C=O) groups is 2. The molecule has 0 aromatic heterocycles. The third-order valence-corrected chi connectivity index (χ3v) is 9.74. The van der Waals surface area contributed by atoms with Crippen molar-refractivity contribution in [1.29, 1.82) is 0 Å². The van der Waals surface area contributed by atoms with Crippen LogP contribution in [0.5, 0.6) is 0 Å². The number of rotatable bonds is 8. The van der Waals surface area contributed by atoms with E-state index >= 15 is 0 Å². The van der Waals surface area contributed by atoms with Gasteiger partial charge in [-0.3, -0.25) is 9.69 Å². The lowest BCUT2D eigenvalue weighted by Gasteiger charge is -2.31. The molecule has 2 amide bonds. The summed E-state index contributed by atoms with van der Waals surface area (Å²) in [7, 11) is 0. The largest absolute Gasteiger partial charge is 0.335 e. The van der Waals surface area contributed by atoms with Crippen LogP contribution in [0.4, 0.5) is 4.79 Å². The number of benzene rings is 3. The van der Waals surface area contributed by atoms with Crippen molar-refractivity contribution >= 4 is 22.6 Å². The molecule has 2 N–H and O–H groups in total. The number of nitrogens with one attached hydrogen (secondary N) is 2. The Hall–Kier alpha value is -3.18. The summed E-state index contributed by atoms with van der Waals surface area (Å²) in [4.78, 5) is 28.1. The van der Waals surface area contributed by atoms with Crippen molar-refractivity contribution in [3.63, 3.8) is 0 Å². The molecule has 0 spiro atoms. The van der Waals surface area contributed by atoms with Crippen LogP contribution in [0.1, 0.15) is 111 Å². The average Bonchev–Trinajstić information content (AvgIpc) is 3.51. The zero-order valence-electron chi connectivity index (χ0n) is 24.2. The molecule has 1 saturated carbocycles. The first-order valence-corrected chi connectivity index (χ1v) is 15.4. The molecule has 3 aromatic carbocycles. The molecule has 5 nitrogen and oxygen atoms in total. The Morgan fingerprint density at radius 2 is 1.57 bits per heavy atom. The molecular formula is C35H43N3O2. The van der Waals surface area contributed by atoms with Crippen molar-refractivity contribution < 1.29 is 9.59 Å². The van der Waals surface area contributed by atoms with E-state index in [2.05, 4.69) is 71.0 Å². The zero-order chi connectivity index (χ0) is 27.8. The minimum absolute atomic E-state index is 0.0380. The van der Waals surface area contributed by atoms with E-state index in [1.165, 1.54) is 54.0 Å². The van der Waals surface area contributed by atoms with Crippen LogP contribution >= 0.6 is 0 Å². The van der Waals surface area contributed by atoms with E-state index in [0.717, 1.165) is 36.4 Å². The fraction of sp³-hybridized carbons (Fsp3) is 0.486. The molecule has 3 aromatic rings. The highest BCUT2D eigenvalue weighted by atomic mass is 16.2. The van der Waals surface area contributed by atoms with Crippen LogP contribution in [0.15, 0.2) is 60.7 Å². The fourth-order valence-corrected chi connectivity index (χ4v) is 7.55. The van der Waals surface area contributed by atoms with Gasteiger partial charge in [0, 0.05) is 29.6 Å². The van der Waals surface area contributed by atoms with E-state index in [1.807, 2.05) is 26.0 Å². The lowest BCUT2D eigenvalue weighted by Crippen LogP contribution is -2.44. The Bertz CT molecular complexity index is 1390. The van der Waals surface area contributed by atoms with E-state index in [1.54, 1.807) is 0 Å². The maximum Gasteiger partial charge on any atom is 0.315 e. The van der Waals surface area contributed by atoms with Gasteiger partial charge in [-0.2, -0.15) is 0 Å². The number of amides is 2. The predicted octanol–water partition coefficient (Wildman–Crippen LogP) is 7.88. The van der Waals surface area contributed by atoms with Crippen molar-refractivity contribution in [1.82, 2.24) is 15.5 Å². The molecule has 210 valence electrons. The molecule has 1 aliphatic carbocycles. The second-order valence-corrected chi connectivity index (χ2v) is 12.6. The highest BCUT2D eigenvalue weighted by Crippen LogP contribution is 2.53. The minimum Gasteiger partial charge on any atom is -0.335 e. The summed E-state index contributed by atoms with van der Waals surface area (Å²) in [6, 6.07) is 22.2. The van der Waals surface area contributed by atoms with Crippen LogP contribution in [0.25, 0.3) is 10.8 Å². The molecule has 0 radical (unpaired) electrons. The lowest BCUT2D eigenvalue weighted by atomic mass is 9.84. The number of fused-ring (bicyclic) bond motifs is 6. The third-order valence-electron chi connectivity index (χ3n) is 9.74. The first-order valence-electron chi connectivity index (χ1n) is 15.4. The maximum absolute atomic E-state index is 12.9. The number of ketones is 1. The third kappa shape index (κ3) is 5.28. The van der Waals surface area contributed by atoms with Gasteiger partial charge in [-0.15, -0.1) is 0 Å². The van der Waals surface area contributed by atoms with Crippen molar-refractivity contribution in [2.75, 3.05) is 6.54 Å². The fourth-order valence-electron chi connectivity index (χ4n) is 7.55. The van der Waals surface area contributed by atoms with Crippen LogP contribution < -0.4 is 10.6 Å². The number of urea groups is 1. The van der Waals surface area contributed by atoms with Crippen LogP contribution in [0, 0.1) is 11.8 Å². The first kappa shape index (κ1) is 27.0. The maximum atomic E-state index is 12.9. The van der Waals surface area contributed by atoms with Crippen LogP contribution in [-0.2, 0) is 0 Å². The smallest absolute Gasteiger partial charge is 0.315 e. The molecule has 6 rings (SSSR count). The SMILES string of the molecule is CC(C)C(=O)c1ccc2c(c1)[C@H]1CC[C@@H]2N1CC[C@H]1CC[C@H](NC(=O)N[C@H](C)c2cccc3ccccc23)CC1. The summed E-state index contributed by atoms with van der Waals surface area (Å²) < 4.78 is 0. The molecule has 3 atom stereocenters. The van der Waals surface area contributed by atoms with Gasteiger partial charge in [-0.25, -0.2) is 4.79 Å². The molecule has 1 saturated heterocycles. The van der Waals surface area contributed by atoms with Crippen molar-refractivity contribution in [2.24, 2.45) is 11.8 Å². The van der Waals surface area contributed by atoms with Gasteiger partial charge in [0.2, 0.25) is 0 Å². The summed E-state index contributed by atoms with van der Waals surface area (Å²) in [6.45, 7) is 7.16. The Labute approximate surface area is 238 Å². The summed E-state index contributed by atoms with van der Waals surface area (Å²) >= 11 is 0. The number of carbonyl (C=O) groups excluding carboxylic acids is 2. The highest BCUT2D eigenvalue weighted by molar-refractivity contribution is 5.97. The summed E-state index contributed by atoms with van der Waals surface area (Å²) in [5.74, 6) is 1.01. The summed E-state index contributed by atoms with van der Waals surface area (Å²) in [5, 5.41) is 8.82.